The van der Waals surface area contributed by atoms with E-state index in [-0.39, 0.29) is 32.3 Å². The predicted molar refractivity (Wildman–Crippen MR) is 229 cm³/mol. The molecule has 0 aliphatic heterocycles. The maximum absolute atomic E-state index is 12.5. The van der Waals surface area contributed by atoms with Crippen LogP contribution in [0, 0.1) is 0 Å². The van der Waals surface area contributed by atoms with Gasteiger partial charge in [-0.25, -0.2) is 4.57 Å². The topological polar surface area (TPSA) is 117 Å². The van der Waals surface area contributed by atoms with Crippen LogP contribution < -0.4 is 5.73 Å². The smallest absolute Gasteiger partial charge is 0.457 e. The molecule has 0 heterocycles. The first-order chi connectivity index (χ1) is 26.4. The average Bonchev–Trinajstić information content (AvgIpc) is 3.16. The quantitative estimate of drug-likeness (QED) is 0.0272. The van der Waals surface area contributed by atoms with E-state index in [1.165, 1.54) is 116 Å². The number of phosphoric ester groups is 1. The maximum Gasteiger partial charge on any atom is 0.472 e. The van der Waals surface area contributed by atoms with Gasteiger partial charge in [-0.1, -0.05) is 184 Å². The number of carbonyl (C=O) groups is 1. The fourth-order valence-electron chi connectivity index (χ4n) is 6.05. The normalized spacial score (nSPS) is 13.9. The molecule has 0 aromatic heterocycles. The van der Waals surface area contributed by atoms with E-state index in [9.17, 15) is 14.3 Å². The lowest BCUT2D eigenvalue weighted by Gasteiger charge is -2.20. The third-order valence-electron chi connectivity index (χ3n) is 9.26. The summed E-state index contributed by atoms with van der Waals surface area (Å²) >= 11 is 0. The van der Waals surface area contributed by atoms with Gasteiger partial charge in [0.25, 0.3) is 0 Å². The van der Waals surface area contributed by atoms with E-state index in [0.29, 0.717) is 13.0 Å². The molecule has 8 nitrogen and oxygen atoms in total. The minimum atomic E-state index is -4.27. The first-order valence-corrected chi connectivity index (χ1v) is 23.6. The summed E-state index contributed by atoms with van der Waals surface area (Å²) in [5.41, 5.74) is 5.36. The molecule has 3 N–H and O–H groups in total. The van der Waals surface area contributed by atoms with Gasteiger partial charge in [0.2, 0.25) is 0 Å². The van der Waals surface area contributed by atoms with Crippen LogP contribution in [0.1, 0.15) is 194 Å². The van der Waals surface area contributed by atoms with Crippen LogP contribution in [0.15, 0.2) is 48.6 Å². The Hall–Kier alpha value is -1.54. The van der Waals surface area contributed by atoms with E-state index in [1.807, 2.05) is 0 Å². The summed E-state index contributed by atoms with van der Waals surface area (Å²) in [5.74, 6) is -0.333. The van der Waals surface area contributed by atoms with Crippen LogP contribution in [-0.4, -0.2) is 49.9 Å². The Kier molecular flexibility index (Phi) is 41.4. The highest BCUT2D eigenvalue weighted by atomic mass is 31.2. The van der Waals surface area contributed by atoms with Crippen molar-refractivity contribution in [2.75, 3.05) is 33.0 Å². The molecule has 0 bridgehead atoms. The van der Waals surface area contributed by atoms with Crippen molar-refractivity contribution in [3.8, 4) is 0 Å². The third kappa shape index (κ3) is 41.6. The Bertz CT molecular complexity index is 968. The molecule has 0 amide bonds. The van der Waals surface area contributed by atoms with Crippen LogP contribution in [0.5, 0.6) is 0 Å². The van der Waals surface area contributed by atoms with Gasteiger partial charge in [-0.05, 0) is 51.4 Å². The second kappa shape index (κ2) is 42.6. The molecule has 0 aliphatic carbocycles. The standard InChI is InChI=1S/C45H84NO7P/c1-3-5-7-9-11-13-15-16-17-18-19-20-21-22-23-24-25-26-27-29-31-33-35-37-40-50-42-44(43-52-54(48,49)51-41-39-46)53-45(47)38-36-34-32-30-28-14-12-10-8-6-4-2/h5,7,11,13,16-17,19-20,44H,3-4,6,8-10,12,14-15,18,21-43,46H2,1-2H3,(H,48,49)/b7-5-,13-11-,17-16-,20-19-. The Labute approximate surface area is 332 Å². The van der Waals surface area contributed by atoms with Gasteiger partial charge >= 0.3 is 13.8 Å². The number of esters is 1. The molecule has 0 spiro atoms. The molecule has 0 radical (unpaired) electrons. The Morgan fingerprint density at radius 3 is 1.56 bits per heavy atom. The minimum Gasteiger partial charge on any atom is -0.457 e. The van der Waals surface area contributed by atoms with Crippen LogP contribution in [0.2, 0.25) is 0 Å². The summed E-state index contributed by atoms with van der Waals surface area (Å²) in [7, 11) is -4.27. The molecule has 0 aromatic carbocycles. The zero-order valence-corrected chi connectivity index (χ0v) is 35.8. The first-order valence-electron chi connectivity index (χ1n) is 22.1. The van der Waals surface area contributed by atoms with Crippen LogP contribution in [0.25, 0.3) is 0 Å². The highest BCUT2D eigenvalue weighted by molar-refractivity contribution is 7.47. The van der Waals surface area contributed by atoms with Gasteiger partial charge in [-0.2, -0.15) is 0 Å². The van der Waals surface area contributed by atoms with E-state index < -0.39 is 13.9 Å². The van der Waals surface area contributed by atoms with Gasteiger partial charge < -0.3 is 20.1 Å². The first kappa shape index (κ1) is 52.5. The lowest BCUT2D eigenvalue weighted by Crippen LogP contribution is -2.28. The highest BCUT2D eigenvalue weighted by Gasteiger charge is 2.25. The Morgan fingerprint density at radius 1 is 0.574 bits per heavy atom. The summed E-state index contributed by atoms with van der Waals surface area (Å²) in [6, 6.07) is 0. The van der Waals surface area contributed by atoms with Crippen LogP contribution >= 0.6 is 7.82 Å². The highest BCUT2D eigenvalue weighted by Crippen LogP contribution is 2.43. The summed E-state index contributed by atoms with van der Waals surface area (Å²) in [6.07, 6.45) is 49.9. The molecule has 0 saturated carbocycles. The zero-order chi connectivity index (χ0) is 39.5. The van der Waals surface area contributed by atoms with E-state index >= 15 is 0 Å². The minimum absolute atomic E-state index is 0.0959. The molecule has 2 unspecified atom stereocenters. The van der Waals surface area contributed by atoms with Gasteiger partial charge in [-0.15, -0.1) is 0 Å². The van der Waals surface area contributed by atoms with Gasteiger partial charge in [0.15, 0.2) is 0 Å². The average molecular weight is 782 g/mol. The largest absolute Gasteiger partial charge is 0.472 e. The van der Waals surface area contributed by atoms with Gasteiger partial charge in [-0.3, -0.25) is 13.8 Å². The van der Waals surface area contributed by atoms with E-state index in [1.54, 1.807) is 0 Å². The fourth-order valence-corrected chi connectivity index (χ4v) is 6.81. The second-order valence-corrected chi connectivity index (χ2v) is 16.0. The summed E-state index contributed by atoms with van der Waals surface area (Å²) in [5, 5.41) is 0. The number of nitrogens with two attached hydrogens (primary N) is 1. The molecule has 0 rings (SSSR count). The van der Waals surface area contributed by atoms with Crippen molar-refractivity contribution in [2.24, 2.45) is 5.73 Å². The van der Waals surface area contributed by atoms with E-state index in [4.69, 9.17) is 24.3 Å². The number of allylic oxidation sites excluding steroid dienone is 8. The summed E-state index contributed by atoms with van der Waals surface area (Å²) in [4.78, 5) is 22.4. The van der Waals surface area contributed by atoms with Crippen molar-refractivity contribution in [3.63, 3.8) is 0 Å². The Morgan fingerprint density at radius 2 is 1.04 bits per heavy atom. The van der Waals surface area contributed by atoms with Gasteiger partial charge in [0, 0.05) is 19.6 Å². The summed E-state index contributed by atoms with van der Waals surface area (Å²) < 4.78 is 33.4. The number of hydrogen-bond donors (Lipinski definition) is 2. The van der Waals surface area contributed by atoms with E-state index in [2.05, 4.69) is 62.5 Å². The molecule has 0 aromatic rings. The molecular formula is C45H84NO7P. The fraction of sp³-hybridized carbons (Fsp3) is 0.800. The number of unbranched alkanes of at least 4 members (excludes halogenated alkanes) is 21. The number of hydrogen-bond acceptors (Lipinski definition) is 7. The van der Waals surface area contributed by atoms with Crippen LogP contribution in [0.4, 0.5) is 0 Å². The number of ether oxygens (including phenoxy) is 2. The zero-order valence-electron chi connectivity index (χ0n) is 35.0. The van der Waals surface area contributed by atoms with Crippen molar-refractivity contribution >= 4 is 13.8 Å². The van der Waals surface area contributed by atoms with Crippen molar-refractivity contribution in [1.82, 2.24) is 0 Å². The molecule has 0 aliphatic rings. The molecule has 2 atom stereocenters. The van der Waals surface area contributed by atoms with Gasteiger partial charge in [0.1, 0.15) is 6.10 Å². The van der Waals surface area contributed by atoms with Crippen molar-refractivity contribution < 1.29 is 32.8 Å². The maximum atomic E-state index is 12.5. The van der Waals surface area contributed by atoms with Crippen LogP contribution in [0.3, 0.4) is 0 Å². The molecule has 0 fully saturated rings. The SMILES string of the molecule is CC/C=C\C/C=C\C/C=C\C/C=C\CCCCCCCCCCCCCOCC(COP(=O)(O)OCCN)OC(=O)CCCCCCCCCCCCC. The predicted octanol–water partition coefficient (Wildman–Crippen LogP) is 13.2. The monoisotopic (exact) mass is 782 g/mol. The molecule has 316 valence electrons. The van der Waals surface area contributed by atoms with E-state index in [0.717, 1.165) is 57.8 Å². The third-order valence-corrected chi connectivity index (χ3v) is 10.2. The number of rotatable bonds is 42. The molecule has 9 heteroatoms. The van der Waals surface area contributed by atoms with Crippen molar-refractivity contribution in [2.45, 2.75) is 200 Å². The molecule has 0 saturated heterocycles. The van der Waals surface area contributed by atoms with Crippen molar-refractivity contribution in [3.05, 3.63) is 48.6 Å². The van der Waals surface area contributed by atoms with Gasteiger partial charge in [0.05, 0.1) is 19.8 Å². The van der Waals surface area contributed by atoms with Crippen molar-refractivity contribution in [1.29, 1.82) is 0 Å². The molecule has 54 heavy (non-hydrogen) atoms. The second-order valence-electron chi connectivity index (χ2n) is 14.5. The lowest BCUT2D eigenvalue weighted by atomic mass is 10.1. The number of phosphoric acid groups is 1. The Balaban J connectivity index is 3.93. The summed E-state index contributed by atoms with van der Waals surface area (Å²) in [6.45, 7) is 4.80. The molecular weight excluding hydrogens is 697 g/mol. The van der Waals surface area contributed by atoms with Crippen LogP contribution in [-0.2, 0) is 27.9 Å². The lowest BCUT2D eigenvalue weighted by molar-refractivity contribution is -0.154. The number of carbonyl (C=O) groups excluding carboxylic acids is 1.